The average molecular weight is 938 g/mol. The Bertz CT molecular complexity index is 2550. The molecule has 0 unspecified atom stereocenters. The van der Waals surface area contributed by atoms with Crippen molar-refractivity contribution in [3.8, 4) is 24.3 Å². The predicted octanol–water partition coefficient (Wildman–Crippen LogP) is 3.93. The van der Waals surface area contributed by atoms with Crippen LogP contribution in [0, 0.1) is 69.0 Å². The molecular weight excluding hydrogens is 876 g/mol. The number of hydrogen-bond acceptors (Lipinski definition) is 16. The second-order valence-electron chi connectivity index (χ2n) is 19.3. The zero-order valence-corrected chi connectivity index (χ0v) is 40.1. The number of nitrogens with zero attached hydrogens (tertiary/aromatic N) is 14. The van der Waals surface area contributed by atoms with E-state index in [1.165, 1.54) is 11.3 Å². The fraction of sp³-hybridized carbons (Fsp3) is 0.609. The molecule has 0 spiro atoms. The molecule has 0 saturated carbocycles. The fourth-order valence-electron chi connectivity index (χ4n) is 8.12. The Hall–Kier alpha value is -6.45. The third-order valence-corrected chi connectivity index (χ3v) is 11.8. The van der Waals surface area contributed by atoms with E-state index < -0.39 is 11.2 Å². The summed E-state index contributed by atoms with van der Waals surface area (Å²) in [5, 5.41) is 50.0. The maximum atomic E-state index is 12.5. The van der Waals surface area contributed by atoms with Crippen molar-refractivity contribution < 1.29 is 19.1 Å². The predicted molar refractivity (Wildman–Crippen MR) is 250 cm³/mol. The summed E-state index contributed by atoms with van der Waals surface area (Å²) in [5.74, 6) is 2.66. The van der Waals surface area contributed by atoms with Crippen molar-refractivity contribution in [1.29, 1.82) is 21.0 Å². The number of rotatable bonds is 2. The summed E-state index contributed by atoms with van der Waals surface area (Å²) in [6.07, 6.45) is 6.25. The molecule has 4 saturated heterocycles. The number of fused-ring (bicyclic) bond motifs is 4. The number of carbonyl (C=O) groups excluding carboxylic acids is 2. The van der Waals surface area contributed by atoms with Gasteiger partial charge in [0.2, 0.25) is 0 Å². The quantitative estimate of drug-likeness (QED) is 0.289. The van der Waals surface area contributed by atoms with Crippen LogP contribution in [-0.2, 0) is 35.2 Å². The molecule has 0 aromatic carbocycles. The van der Waals surface area contributed by atoms with Crippen LogP contribution in [0.4, 0.5) is 21.2 Å². The highest BCUT2D eigenvalue weighted by molar-refractivity contribution is 5.85. The lowest BCUT2D eigenvalue weighted by molar-refractivity contribution is 0.00568. The molecule has 4 aromatic rings. The van der Waals surface area contributed by atoms with Crippen molar-refractivity contribution >= 4 is 47.5 Å². The maximum absolute atomic E-state index is 12.5. The van der Waals surface area contributed by atoms with Crippen LogP contribution >= 0.6 is 12.4 Å². The SMILES string of the molecule is CC(C)(C)OC(=O)N1CC(C#N)C1.CC(C)(C)OC(=O)N1CCc2nc3ccnn3c(N3CC(C#N)C3)c2CC1.Cl.N#CC1CN(c2c3c(nc4ccnn24)CCNCC3)C1.N#CC1CNC1. The molecule has 10 rings (SSSR count). The first-order chi connectivity index (χ1) is 31.6. The first-order valence-corrected chi connectivity index (χ1v) is 22.7. The van der Waals surface area contributed by atoms with E-state index in [1.54, 1.807) is 22.2 Å². The number of nitriles is 4. The molecular formula is C46H61ClN16O4. The van der Waals surface area contributed by atoms with Crippen molar-refractivity contribution in [3.05, 3.63) is 47.0 Å². The molecule has 4 fully saturated rings. The van der Waals surface area contributed by atoms with Gasteiger partial charge in [0.25, 0.3) is 0 Å². The molecule has 356 valence electrons. The summed E-state index contributed by atoms with van der Waals surface area (Å²) in [4.78, 5) is 41.1. The van der Waals surface area contributed by atoms with Crippen molar-refractivity contribution in [2.24, 2.45) is 23.7 Å². The minimum atomic E-state index is -0.510. The zero-order valence-electron chi connectivity index (χ0n) is 39.2. The molecule has 2 N–H and O–H groups in total. The summed E-state index contributed by atoms with van der Waals surface area (Å²) in [5.41, 5.74) is 5.34. The highest BCUT2D eigenvalue weighted by Gasteiger charge is 2.36. The summed E-state index contributed by atoms with van der Waals surface area (Å²) in [6, 6.07) is 12.7. The molecule has 6 aliphatic heterocycles. The van der Waals surface area contributed by atoms with Crippen molar-refractivity contribution in [1.82, 2.24) is 49.6 Å². The maximum Gasteiger partial charge on any atom is 0.410 e. The van der Waals surface area contributed by atoms with Gasteiger partial charge < -0.3 is 39.7 Å². The summed E-state index contributed by atoms with van der Waals surface area (Å²) in [6.45, 7) is 20.0. The Balaban J connectivity index is 0.000000162. The molecule has 0 aliphatic carbocycles. The molecule has 21 heteroatoms. The van der Waals surface area contributed by atoms with E-state index in [2.05, 4.69) is 54.9 Å². The Morgan fingerprint density at radius 1 is 0.597 bits per heavy atom. The van der Waals surface area contributed by atoms with Crippen molar-refractivity contribution in [2.45, 2.75) is 78.4 Å². The number of anilines is 2. The van der Waals surface area contributed by atoms with Crippen LogP contribution in [0.2, 0.25) is 0 Å². The number of nitrogens with one attached hydrogen (secondary N) is 2. The lowest BCUT2D eigenvalue weighted by atomic mass is 10.00. The first kappa shape index (κ1) is 50.0. The monoisotopic (exact) mass is 936 g/mol. The Kier molecular flexibility index (Phi) is 16.0. The Morgan fingerprint density at radius 3 is 1.48 bits per heavy atom. The van der Waals surface area contributed by atoms with E-state index >= 15 is 0 Å². The number of amides is 2. The lowest BCUT2D eigenvalue weighted by Gasteiger charge is -2.38. The van der Waals surface area contributed by atoms with Gasteiger partial charge in [-0.25, -0.2) is 19.6 Å². The number of ether oxygens (including phenoxy) is 2. The number of aromatic nitrogens is 6. The highest BCUT2D eigenvalue weighted by Crippen LogP contribution is 2.33. The van der Waals surface area contributed by atoms with Crippen LogP contribution in [-0.4, -0.2) is 141 Å². The second kappa shape index (κ2) is 21.5. The lowest BCUT2D eigenvalue weighted by Crippen LogP contribution is -2.51. The summed E-state index contributed by atoms with van der Waals surface area (Å²) in [7, 11) is 0. The van der Waals surface area contributed by atoms with Gasteiger partial charge in [-0.2, -0.15) is 40.3 Å². The third kappa shape index (κ3) is 12.1. The molecule has 6 aliphatic rings. The van der Waals surface area contributed by atoms with E-state index in [9.17, 15) is 9.59 Å². The van der Waals surface area contributed by atoms with E-state index in [4.69, 9.17) is 40.5 Å². The van der Waals surface area contributed by atoms with E-state index in [-0.39, 0.29) is 42.3 Å². The van der Waals surface area contributed by atoms with Gasteiger partial charge in [0.05, 0.1) is 71.7 Å². The average Bonchev–Trinajstić information content (AvgIpc) is 3.72. The van der Waals surface area contributed by atoms with Crippen LogP contribution < -0.4 is 20.4 Å². The smallest absolute Gasteiger partial charge is 0.410 e. The molecule has 0 bridgehead atoms. The second-order valence-corrected chi connectivity index (χ2v) is 19.3. The van der Waals surface area contributed by atoms with Gasteiger partial charge in [-0.3, -0.25) is 0 Å². The largest absolute Gasteiger partial charge is 0.444 e. The number of halogens is 1. The summed E-state index contributed by atoms with van der Waals surface area (Å²) >= 11 is 0. The van der Waals surface area contributed by atoms with Crippen LogP contribution in [0.25, 0.3) is 11.3 Å². The van der Waals surface area contributed by atoms with Crippen LogP contribution in [0.3, 0.4) is 0 Å². The van der Waals surface area contributed by atoms with Crippen LogP contribution in [0.1, 0.15) is 64.1 Å². The number of carbonyl (C=O) groups is 2. The minimum Gasteiger partial charge on any atom is -0.444 e. The van der Waals surface area contributed by atoms with Gasteiger partial charge in [0, 0.05) is 108 Å². The number of hydrogen-bond donors (Lipinski definition) is 2. The molecule has 0 atom stereocenters. The van der Waals surface area contributed by atoms with Gasteiger partial charge in [0.1, 0.15) is 22.8 Å². The first-order valence-electron chi connectivity index (χ1n) is 22.7. The van der Waals surface area contributed by atoms with Crippen molar-refractivity contribution in [2.75, 3.05) is 88.3 Å². The Morgan fingerprint density at radius 2 is 1.03 bits per heavy atom. The van der Waals surface area contributed by atoms with Crippen LogP contribution in [0.15, 0.2) is 24.5 Å². The molecule has 2 amide bonds. The number of likely N-dealkylation sites (tertiary alicyclic amines) is 1. The van der Waals surface area contributed by atoms with E-state index in [1.807, 2.05) is 62.7 Å². The molecule has 67 heavy (non-hydrogen) atoms. The third-order valence-electron chi connectivity index (χ3n) is 11.8. The molecule has 20 nitrogen and oxygen atoms in total. The van der Waals surface area contributed by atoms with Gasteiger partial charge in [0.15, 0.2) is 11.3 Å². The fourth-order valence-corrected chi connectivity index (χ4v) is 8.12. The molecule has 10 heterocycles. The van der Waals surface area contributed by atoms with Gasteiger partial charge >= 0.3 is 12.2 Å². The topological polar surface area (TPSA) is 245 Å². The van der Waals surface area contributed by atoms with Gasteiger partial charge in [-0.05, 0) is 60.9 Å². The van der Waals surface area contributed by atoms with Gasteiger partial charge in [-0.1, -0.05) is 0 Å². The Labute approximate surface area is 397 Å². The standard InChI is InChI=1S/C19H24N6O2.C14H16N6.C9H14N2O2.C4H6N2.ClH/c1-19(2,3)27-18(26)23-8-5-14-15(6-9-23)22-16-4-7-21-25(16)17(14)24-11-13(10-20)12-24;15-7-10-8-19(9-10)14-11-1-4-16-5-2-12(11)18-13-3-6-17-20(13)14;1-9(2,3)13-8(12)11-5-7(4-10)6-11;5-1-4-2-6-3-4;/h4,7,13H,5-6,8-9,11-12H2,1-3H3;3,6,10,16H,1-2,4-5,8-9H2;7H,5-6H2,1-3H3;4,6H,2-3H2;1H. The molecule has 4 aromatic heterocycles. The normalized spacial score (nSPS) is 18.3. The van der Waals surface area contributed by atoms with Crippen molar-refractivity contribution in [3.63, 3.8) is 0 Å². The highest BCUT2D eigenvalue weighted by atomic mass is 35.5. The minimum absolute atomic E-state index is 0. The zero-order chi connectivity index (χ0) is 47.2. The summed E-state index contributed by atoms with van der Waals surface area (Å²) < 4.78 is 14.4. The van der Waals surface area contributed by atoms with Gasteiger partial charge in [-0.15, -0.1) is 12.4 Å². The van der Waals surface area contributed by atoms with E-state index in [0.29, 0.717) is 58.0 Å². The van der Waals surface area contributed by atoms with E-state index in [0.717, 1.165) is 86.3 Å². The molecule has 0 radical (unpaired) electrons. The van der Waals surface area contributed by atoms with Crippen LogP contribution in [0.5, 0.6) is 0 Å².